The van der Waals surface area contributed by atoms with Crippen LogP contribution >= 0.6 is 33.9 Å². The Hall–Kier alpha value is -0.210. The van der Waals surface area contributed by atoms with Gasteiger partial charge in [-0.25, -0.2) is 16.8 Å². The van der Waals surface area contributed by atoms with E-state index in [1.807, 2.05) is 0 Å². The lowest BCUT2D eigenvalue weighted by atomic mass is 10.0. The van der Waals surface area contributed by atoms with Gasteiger partial charge in [0.05, 0.1) is 26.4 Å². The smallest absolute Gasteiger partial charge is 0.261 e. The molecule has 0 saturated heterocycles. The van der Waals surface area contributed by atoms with E-state index in [4.69, 9.17) is 33.9 Å². The van der Waals surface area contributed by atoms with Crippen molar-refractivity contribution in [1.82, 2.24) is 0 Å². The zero-order valence-electron chi connectivity index (χ0n) is 11.4. The summed E-state index contributed by atoms with van der Waals surface area (Å²) < 4.78 is 48.8. The molecule has 0 spiro atoms. The summed E-state index contributed by atoms with van der Waals surface area (Å²) in [5.74, 6) is -0.151. The Balaban J connectivity index is 3.23. The quantitative estimate of drug-likeness (QED) is 0.789. The van der Waals surface area contributed by atoms with Crippen LogP contribution < -0.4 is 4.72 Å². The number of hydrogen-bond donors (Lipinski definition) is 1. The normalized spacial score (nSPS) is 13.2. The lowest BCUT2D eigenvalue weighted by molar-refractivity contribution is 0.463. The Bertz CT molecular complexity index is 729. The summed E-state index contributed by atoms with van der Waals surface area (Å²) in [6.07, 6.45) is 0. The molecule has 0 bridgehead atoms. The van der Waals surface area contributed by atoms with E-state index >= 15 is 0 Å². The van der Waals surface area contributed by atoms with Crippen LogP contribution in [0.4, 0.5) is 5.69 Å². The monoisotopic (exact) mass is 393 g/mol. The molecule has 0 unspecified atom stereocenters. The van der Waals surface area contributed by atoms with Crippen molar-refractivity contribution in [2.24, 2.45) is 5.41 Å². The number of hydrogen-bond acceptors (Lipinski definition) is 4. The number of anilines is 1. The summed E-state index contributed by atoms with van der Waals surface area (Å²) in [5.41, 5.74) is -0.545. The van der Waals surface area contributed by atoms with E-state index in [0.717, 1.165) is 12.1 Å². The van der Waals surface area contributed by atoms with E-state index in [-0.39, 0.29) is 26.4 Å². The second-order valence-corrected chi connectivity index (χ2v) is 10.7. The van der Waals surface area contributed by atoms with Crippen LogP contribution in [-0.4, -0.2) is 22.6 Å². The van der Waals surface area contributed by atoms with Crippen LogP contribution in [0.15, 0.2) is 17.0 Å². The van der Waals surface area contributed by atoms with Crippen molar-refractivity contribution in [3.63, 3.8) is 0 Å². The van der Waals surface area contributed by atoms with E-state index in [0.29, 0.717) is 0 Å². The Labute approximate surface area is 139 Å². The number of nitrogens with one attached hydrogen (secondary N) is 1. The van der Waals surface area contributed by atoms with Gasteiger partial charge in [0.2, 0.25) is 10.0 Å². The molecule has 120 valence electrons. The second kappa shape index (κ2) is 6.12. The standard InChI is InChI=1S/C11H14Cl3NO4S2/c1-11(2,3)6-20(16,17)15-10-8(12)4-7(5-9(10)13)21(14,18)19/h4-5,15H,6H2,1-3H3. The molecule has 5 nitrogen and oxygen atoms in total. The van der Waals surface area contributed by atoms with Gasteiger partial charge in [-0.1, -0.05) is 44.0 Å². The highest BCUT2D eigenvalue weighted by atomic mass is 35.7. The minimum atomic E-state index is -4.01. The molecule has 1 aromatic rings. The second-order valence-electron chi connectivity index (χ2n) is 5.62. The summed E-state index contributed by atoms with van der Waals surface area (Å²) in [4.78, 5) is -0.307. The highest BCUT2D eigenvalue weighted by Crippen LogP contribution is 2.35. The molecule has 1 aromatic carbocycles. The molecule has 1 rings (SSSR count). The first-order chi connectivity index (χ1) is 9.21. The number of halogens is 3. The van der Waals surface area contributed by atoms with Crippen molar-refractivity contribution in [3.8, 4) is 0 Å². The van der Waals surface area contributed by atoms with Gasteiger partial charge in [-0.05, 0) is 17.5 Å². The molecule has 1 N–H and O–H groups in total. The van der Waals surface area contributed by atoms with E-state index in [9.17, 15) is 16.8 Å². The Morgan fingerprint density at radius 2 is 1.48 bits per heavy atom. The van der Waals surface area contributed by atoms with Crippen LogP contribution in [0.3, 0.4) is 0 Å². The lowest BCUT2D eigenvalue weighted by Crippen LogP contribution is -2.26. The van der Waals surface area contributed by atoms with Gasteiger partial charge in [0.1, 0.15) is 0 Å². The first-order valence-corrected chi connectivity index (χ1v) is 10.4. The first-order valence-electron chi connectivity index (χ1n) is 5.65. The predicted molar refractivity (Wildman–Crippen MR) is 86.4 cm³/mol. The molecule has 0 saturated carbocycles. The molecular formula is C11H14Cl3NO4S2. The third-order valence-corrected chi connectivity index (χ3v) is 5.87. The summed E-state index contributed by atoms with van der Waals surface area (Å²) >= 11 is 11.8. The fourth-order valence-electron chi connectivity index (χ4n) is 1.55. The molecule has 10 heteroatoms. The molecule has 0 atom stereocenters. The minimum absolute atomic E-state index is 0.0772. The predicted octanol–water partition coefficient (Wildman–Crippen LogP) is 3.71. The molecule has 0 aliphatic heterocycles. The van der Waals surface area contributed by atoms with Gasteiger partial charge in [-0.15, -0.1) is 0 Å². The third kappa shape index (κ3) is 5.83. The van der Waals surface area contributed by atoms with Gasteiger partial charge in [-0.2, -0.15) is 0 Å². The lowest BCUT2D eigenvalue weighted by Gasteiger charge is -2.19. The van der Waals surface area contributed by atoms with Crippen LogP contribution in [0.25, 0.3) is 0 Å². The van der Waals surface area contributed by atoms with Crippen LogP contribution in [-0.2, 0) is 19.1 Å². The maximum absolute atomic E-state index is 12.0. The Kier molecular flexibility index (Phi) is 5.49. The minimum Gasteiger partial charge on any atom is -0.280 e. The zero-order chi connectivity index (χ0) is 16.6. The summed E-state index contributed by atoms with van der Waals surface area (Å²) in [6, 6.07) is 2.06. The van der Waals surface area contributed by atoms with Crippen molar-refractivity contribution in [3.05, 3.63) is 22.2 Å². The molecule has 0 radical (unpaired) electrons. The van der Waals surface area contributed by atoms with Crippen LogP contribution in [0.2, 0.25) is 10.0 Å². The van der Waals surface area contributed by atoms with Gasteiger partial charge in [-0.3, -0.25) is 4.72 Å². The van der Waals surface area contributed by atoms with Gasteiger partial charge in [0.25, 0.3) is 9.05 Å². The number of sulfonamides is 1. The highest BCUT2D eigenvalue weighted by Gasteiger charge is 2.24. The largest absolute Gasteiger partial charge is 0.280 e. The molecule has 0 amide bonds. The third-order valence-electron chi connectivity index (χ3n) is 2.18. The fraction of sp³-hybridized carbons (Fsp3) is 0.455. The molecule has 0 heterocycles. The molecule has 0 aliphatic rings. The van der Waals surface area contributed by atoms with Crippen molar-refractivity contribution < 1.29 is 16.8 Å². The number of benzene rings is 1. The molecule has 0 fully saturated rings. The average Bonchev–Trinajstić information content (AvgIpc) is 2.18. The Morgan fingerprint density at radius 3 is 1.81 bits per heavy atom. The van der Waals surface area contributed by atoms with Crippen molar-refractivity contribution in [1.29, 1.82) is 0 Å². The van der Waals surface area contributed by atoms with Crippen molar-refractivity contribution in [2.45, 2.75) is 25.7 Å². The van der Waals surface area contributed by atoms with Crippen LogP contribution in [0, 0.1) is 5.41 Å². The average molecular weight is 395 g/mol. The van der Waals surface area contributed by atoms with Gasteiger partial charge in [0, 0.05) is 10.7 Å². The van der Waals surface area contributed by atoms with Crippen LogP contribution in [0.1, 0.15) is 20.8 Å². The van der Waals surface area contributed by atoms with E-state index in [1.165, 1.54) is 0 Å². The molecule has 21 heavy (non-hydrogen) atoms. The van der Waals surface area contributed by atoms with Gasteiger partial charge < -0.3 is 0 Å². The summed E-state index contributed by atoms with van der Waals surface area (Å²) in [7, 11) is -2.51. The Morgan fingerprint density at radius 1 is 1.05 bits per heavy atom. The topological polar surface area (TPSA) is 80.3 Å². The van der Waals surface area contributed by atoms with E-state index in [1.54, 1.807) is 20.8 Å². The molecule has 0 aliphatic carbocycles. The maximum Gasteiger partial charge on any atom is 0.261 e. The fourth-order valence-corrected chi connectivity index (χ4v) is 4.90. The summed E-state index contributed by atoms with van der Waals surface area (Å²) in [5, 5.41) is -0.307. The van der Waals surface area contributed by atoms with E-state index in [2.05, 4.69) is 4.72 Å². The molecule has 0 aromatic heterocycles. The van der Waals surface area contributed by atoms with E-state index < -0.39 is 24.5 Å². The maximum atomic E-state index is 12.0. The number of rotatable bonds is 4. The van der Waals surface area contributed by atoms with Gasteiger partial charge in [0.15, 0.2) is 0 Å². The highest BCUT2D eigenvalue weighted by molar-refractivity contribution is 8.13. The zero-order valence-corrected chi connectivity index (χ0v) is 15.3. The molecular weight excluding hydrogens is 381 g/mol. The SMILES string of the molecule is CC(C)(C)CS(=O)(=O)Nc1c(Cl)cc(S(=O)(=O)Cl)cc1Cl. The van der Waals surface area contributed by atoms with Crippen LogP contribution in [0.5, 0.6) is 0 Å². The van der Waals surface area contributed by atoms with Gasteiger partial charge >= 0.3 is 0 Å². The first kappa shape index (κ1) is 18.8. The summed E-state index contributed by atoms with van der Waals surface area (Å²) in [6.45, 7) is 5.29. The van der Waals surface area contributed by atoms with Crippen molar-refractivity contribution >= 4 is 58.6 Å². The van der Waals surface area contributed by atoms with Crippen molar-refractivity contribution in [2.75, 3.05) is 10.5 Å².